The average molecular weight is 606 g/mol. The minimum absolute atomic E-state index is 0.0620. The van der Waals surface area contributed by atoms with Gasteiger partial charge in [-0.05, 0) is 43.0 Å². The Bertz CT molecular complexity index is 1540. The quantitative estimate of drug-likeness (QED) is 0.351. The summed E-state index contributed by atoms with van der Waals surface area (Å²) in [6.45, 7) is 2.38. The predicted molar refractivity (Wildman–Crippen MR) is 166 cm³/mol. The van der Waals surface area contributed by atoms with Crippen LogP contribution in [0.5, 0.6) is 11.5 Å². The number of benzene rings is 3. The van der Waals surface area contributed by atoms with Gasteiger partial charge in [-0.2, -0.15) is 0 Å². The van der Waals surface area contributed by atoms with Crippen molar-refractivity contribution in [3.8, 4) is 11.5 Å². The average Bonchev–Trinajstić information content (AvgIpc) is 3.50. The van der Waals surface area contributed by atoms with E-state index in [1.165, 1.54) is 4.90 Å². The van der Waals surface area contributed by atoms with Crippen LogP contribution in [0.25, 0.3) is 0 Å². The molecule has 1 N–H and O–H groups in total. The van der Waals surface area contributed by atoms with Gasteiger partial charge >= 0.3 is 0 Å². The molecule has 0 spiro atoms. The molecule has 5 rings (SSSR count). The molecule has 0 saturated heterocycles. The lowest BCUT2D eigenvalue weighted by atomic mass is 10.0. The van der Waals surface area contributed by atoms with Crippen molar-refractivity contribution < 1.29 is 27.5 Å². The number of hydrogen-bond donors (Lipinski definition) is 1. The number of carbonyl (C=O) groups is 2. The van der Waals surface area contributed by atoms with Crippen LogP contribution in [0.4, 0.5) is 5.69 Å². The van der Waals surface area contributed by atoms with Gasteiger partial charge in [-0.15, -0.1) is 0 Å². The van der Waals surface area contributed by atoms with Crippen LogP contribution in [0.2, 0.25) is 0 Å². The number of amides is 2. The van der Waals surface area contributed by atoms with E-state index in [1.54, 1.807) is 18.2 Å². The zero-order valence-corrected chi connectivity index (χ0v) is 25.5. The van der Waals surface area contributed by atoms with E-state index in [0.717, 1.165) is 52.9 Å². The van der Waals surface area contributed by atoms with E-state index in [4.69, 9.17) is 9.47 Å². The molecule has 3 aromatic rings. The molecule has 228 valence electrons. The minimum atomic E-state index is -3.89. The fraction of sp³-hybridized carbons (Fsp3) is 0.394. The molecule has 10 heteroatoms. The van der Waals surface area contributed by atoms with Crippen LogP contribution < -0.4 is 19.1 Å². The number of fused-ring (bicyclic) bond motifs is 1. The molecule has 3 aromatic carbocycles. The van der Waals surface area contributed by atoms with E-state index in [1.807, 2.05) is 61.5 Å². The molecule has 1 aliphatic heterocycles. The second-order valence-electron chi connectivity index (χ2n) is 11.3. The van der Waals surface area contributed by atoms with Crippen LogP contribution in [-0.4, -0.2) is 63.2 Å². The molecular weight excluding hydrogens is 566 g/mol. The molecule has 1 fully saturated rings. The van der Waals surface area contributed by atoms with Crippen LogP contribution in [0, 0.1) is 6.92 Å². The van der Waals surface area contributed by atoms with Gasteiger partial charge in [0.15, 0.2) is 11.5 Å². The van der Waals surface area contributed by atoms with Crippen LogP contribution in [-0.2, 0) is 32.6 Å². The maximum atomic E-state index is 14.3. The number of nitrogens with zero attached hydrogens (tertiary/aromatic N) is 2. The highest BCUT2D eigenvalue weighted by molar-refractivity contribution is 7.92. The zero-order valence-electron chi connectivity index (χ0n) is 24.7. The van der Waals surface area contributed by atoms with Crippen molar-refractivity contribution in [3.05, 3.63) is 89.5 Å². The molecular formula is C33H39N3O6S. The summed E-state index contributed by atoms with van der Waals surface area (Å²) in [7, 11) is -3.89. The largest absolute Gasteiger partial charge is 0.486 e. The molecule has 1 aliphatic carbocycles. The second kappa shape index (κ2) is 13.5. The number of sulfonamides is 1. The maximum absolute atomic E-state index is 14.3. The fourth-order valence-electron chi connectivity index (χ4n) is 5.73. The zero-order chi connectivity index (χ0) is 30.4. The van der Waals surface area contributed by atoms with Crippen molar-refractivity contribution in [3.63, 3.8) is 0 Å². The van der Waals surface area contributed by atoms with Gasteiger partial charge in [0.05, 0.1) is 11.9 Å². The van der Waals surface area contributed by atoms with Crippen molar-refractivity contribution in [1.29, 1.82) is 0 Å². The summed E-state index contributed by atoms with van der Waals surface area (Å²) in [6.07, 6.45) is 5.28. The van der Waals surface area contributed by atoms with E-state index in [2.05, 4.69) is 5.32 Å². The minimum Gasteiger partial charge on any atom is -0.486 e. The highest BCUT2D eigenvalue weighted by Crippen LogP contribution is 2.35. The Hall–Kier alpha value is -4.05. The molecule has 1 atom stereocenters. The van der Waals surface area contributed by atoms with E-state index in [9.17, 15) is 18.0 Å². The first-order chi connectivity index (χ1) is 20.7. The normalized spacial score (nSPS) is 15.5. The Balaban J connectivity index is 1.50. The van der Waals surface area contributed by atoms with Gasteiger partial charge in [0.2, 0.25) is 21.8 Å². The van der Waals surface area contributed by atoms with E-state index < -0.39 is 28.5 Å². The van der Waals surface area contributed by atoms with Crippen molar-refractivity contribution in [1.82, 2.24) is 10.2 Å². The summed E-state index contributed by atoms with van der Waals surface area (Å²) in [4.78, 5) is 29.8. The van der Waals surface area contributed by atoms with Crippen molar-refractivity contribution in [2.75, 3.05) is 30.3 Å². The van der Waals surface area contributed by atoms with E-state index in [-0.39, 0.29) is 24.2 Å². The van der Waals surface area contributed by atoms with Crippen molar-refractivity contribution in [2.24, 2.45) is 0 Å². The molecule has 43 heavy (non-hydrogen) atoms. The first-order valence-corrected chi connectivity index (χ1v) is 16.6. The van der Waals surface area contributed by atoms with E-state index in [0.29, 0.717) is 31.1 Å². The summed E-state index contributed by atoms with van der Waals surface area (Å²) in [6, 6.07) is 21.4. The smallest absolute Gasteiger partial charge is 0.244 e. The molecule has 1 unspecified atom stereocenters. The third-order valence-corrected chi connectivity index (χ3v) is 9.04. The lowest BCUT2D eigenvalue weighted by molar-refractivity contribution is -0.140. The van der Waals surface area contributed by atoms with Gasteiger partial charge in [0.25, 0.3) is 0 Å². The topological polar surface area (TPSA) is 105 Å². The van der Waals surface area contributed by atoms with Gasteiger partial charge in [0.1, 0.15) is 25.8 Å². The van der Waals surface area contributed by atoms with Gasteiger partial charge < -0.3 is 19.7 Å². The summed E-state index contributed by atoms with van der Waals surface area (Å²) in [5.74, 6) is 0.216. The van der Waals surface area contributed by atoms with Crippen molar-refractivity contribution >= 4 is 27.5 Å². The number of nitrogens with one attached hydrogen (secondary N) is 1. The van der Waals surface area contributed by atoms with E-state index >= 15 is 0 Å². The summed E-state index contributed by atoms with van der Waals surface area (Å²) >= 11 is 0. The molecule has 0 bridgehead atoms. The maximum Gasteiger partial charge on any atom is 0.244 e. The third-order valence-electron chi connectivity index (χ3n) is 7.90. The number of rotatable bonds is 11. The van der Waals surface area contributed by atoms with Crippen LogP contribution in [0.1, 0.15) is 42.4 Å². The second-order valence-corrected chi connectivity index (χ2v) is 13.2. The third kappa shape index (κ3) is 7.87. The summed E-state index contributed by atoms with van der Waals surface area (Å²) in [5, 5.41) is 3.19. The molecule has 1 saturated carbocycles. The number of anilines is 1. The Labute approximate surface area is 253 Å². The number of ether oxygens (including phenoxy) is 2. The standard InChI is InChI=1S/C33H39N3O6S/c1-24-9-8-12-26(19-24)22-35(29(20-25-10-4-3-5-11-25)33(38)34-27-13-6-7-14-27)32(37)23-36(43(2,39)40)28-15-16-30-31(21-28)42-18-17-41-30/h3-5,8-12,15-16,19,21,27,29H,6-7,13-14,17-18,20,22-23H2,1-2H3,(H,34,38). The highest BCUT2D eigenvalue weighted by atomic mass is 32.2. The molecule has 0 radical (unpaired) electrons. The number of carbonyl (C=O) groups excluding carboxylic acids is 2. The predicted octanol–water partition coefficient (Wildman–Crippen LogP) is 4.23. The van der Waals surface area contributed by atoms with Crippen molar-refractivity contribution in [2.45, 2.75) is 57.7 Å². The molecule has 0 aromatic heterocycles. The summed E-state index contributed by atoms with van der Waals surface area (Å²) < 4.78 is 38.5. The molecule has 2 amide bonds. The Morgan fingerprint density at radius 3 is 2.30 bits per heavy atom. The number of hydrogen-bond acceptors (Lipinski definition) is 6. The highest BCUT2D eigenvalue weighted by Gasteiger charge is 2.34. The SMILES string of the molecule is Cc1cccc(CN(C(=O)CN(c2ccc3c(c2)OCCO3)S(C)(=O)=O)C(Cc2ccccc2)C(=O)NC2CCCC2)c1. The lowest BCUT2D eigenvalue weighted by Crippen LogP contribution is -2.54. The first-order valence-electron chi connectivity index (χ1n) is 14.7. The van der Waals surface area contributed by atoms with Crippen LogP contribution in [0.15, 0.2) is 72.8 Å². The summed E-state index contributed by atoms with van der Waals surface area (Å²) in [5.41, 5.74) is 3.06. The molecule has 1 heterocycles. The fourth-order valence-corrected chi connectivity index (χ4v) is 6.57. The van der Waals surface area contributed by atoms with Gasteiger partial charge in [-0.25, -0.2) is 8.42 Å². The Morgan fingerprint density at radius 1 is 0.907 bits per heavy atom. The van der Waals surface area contributed by atoms with Crippen LogP contribution >= 0.6 is 0 Å². The molecule has 9 nitrogen and oxygen atoms in total. The first kappa shape index (κ1) is 30.4. The monoisotopic (exact) mass is 605 g/mol. The van der Waals surface area contributed by atoms with Crippen LogP contribution in [0.3, 0.4) is 0 Å². The lowest BCUT2D eigenvalue weighted by Gasteiger charge is -2.34. The van der Waals surface area contributed by atoms with Gasteiger partial charge in [0, 0.05) is 25.1 Å². The van der Waals surface area contributed by atoms with Gasteiger partial charge in [-0.3, -0.25) is 13.9 Å². The number of aryl methyl sites for hydroxylation is 1. The molecule has 2 aliphatic rings. The Morgan fingerprint density at radius 2 is 1.60 bits per heavy atom. The Kier molecular flexibility index (Phi) is 9.55. The van der Waals surface area contributed by atoms with Gasteiger partial charge in [-0.1, -0.05) is 73.0 Å².